The number of nitrogens with two attached hydrogens (primary N) is 1. The third-order valence-corrected chi connectivity index (χ3v) is 3.10. The van der Waals surface area contributed by atoms with Crippen LogP contribution in [0.15, 0.2) is 0 Å². The van der Waals surface area contributed by atoms with Gasteiger partial charge in [-0.25, -0.2) is 5.84 Å². The quantitative estimate of drug-likeness (QED) is 0.309. The summed E-state index contributed by atoms with van der Waals surface area (Å²) < 4.78 is 5.60. The lowest BCUT2D eigenvalue weighted by atomic mass is 10.2. The third kappa shape index (κ3) is 4.25. The van der Waals surface area contributed by atoms with E-state index in [1.54, 1.807) is 7.05 Å². The van der Waals surface area contributed by atoms with Gasteiger partial charge in [-0.05, 0) is 19.4 Å². The van der Waals surface area contributed by atoms with Crippen LogP contribution in [0.25, 0.3) is 0 Å². The van der Waals surface area contributed by atoms with Crippen LogP contribution >= 0.6 is 0 Å². The number of hydrogen-bond donors (Lipinski definition) is 3. The molecule has 7 nitrogen and oxygen atoms in total. The lowest BCUT2D eigenvalue weighted by Gasteiger charge is -2.23. The first kappa shape index (κ1) is 14.9. The number of carbonyl (C=O) groups excluding carboxylic acids is 2. The Morgan fingerprint density at radius 1 is 1.44 bits per heavy atom. The largest absolute Gasteiger partial charge is 0.364 e. The van der Waals surface area contributed by atoms with Gasteiger partial charge in [0.2, 0.25) is 5.91 Å². The van der Waals surface area contributed by atoms with Gasteiger partial charge in [0.25, 0.3) is 5.91 Å². The highest BCUT2D eigenvalue weighted by Gasteiger charge is 2.31. The highest BCUT2D eigenvalue weighted by molar-refractivity contribution is 5.80. The molecule has 1 aliphatic rings. The molecule has 4 N–H and O–H groups in total. The maximum atomic E-state index is 11.3. The van der Waals surface area contributed by atoms with E-state index in [1.165, 1.54) is 0 Å². The second-order valence-electron chi connectivity index (χ2n) is 4.33. The average molecular weight is 258 g/mol. The Labute approximate surface area is 107 Å². The van der Waals surface area contributed by atoms with Crippen molar-refractivity contribution < 1.29 is 14.3 Å². The molecule has 2 amide bonds. The number of hydrogen-bond acceptors (Lipinski definition) is 5. The molecule has 18 heavy (non-hydrogen) atoms. The molecule has 0 radical (unpaired) electrons. The second kappa shape index (κ2) is 7.30. The fourth-order valence-electron chi connectivity index (χ4n) is 2.00. The maximum Gasteiger partial charge on any atom is 0.263 e. The van der Waals surface area contributed by atoms with E-state index < -0.39 is 6.10 Å². The molecule has 0 aliphatic carbocycles. The predicted molar refractivity (Wildman–Crippen MR) is 66.4 cm³/mol. The summed E-state index contributed by atoms with van der Waals surface area (Å²) in [5.41, 5.74) is 2.09. The first-order valence-electron chi connectivity index (χ1n) is 6.19. The van der Waals surface area contributed by atoms with E-state index in [-0.39, 0.29) is 17.9 Å². The molecule has 0 aromatic heterocycles. The van der Waals surface area contributed by atoms with Gasteiger partial charge in [-0.1, -0.05) is 6.92 Å². The number of amides is 2. The summed E-state index contributed by atoms with van der Waals surface area (Å²) in [7, 11) is 1.61. The number of hydrazine groups is 1. The zero-order valence-electron chi connectivity index (χ0n) is 10.9. The number of ether oxygens (including phenoxy) is 1. The summed E-state index contributed by atoms with van der Waals surface area (Å²) in [4.78, 5) is 24.6. The van der Waals surface area contributed by atoms with Crippen molar-refractivity contribution in [3.05, 3.63) is 0 Å². The summed E-state index contributed by atoms with van der Waals surface area (Å²) in [5.74, 6) is 4.76. The summed E-state index contributed by atoms with van der Waals surface area (Å²) in [6, 6.07) is 0. The summed E-state index contributed by atoms with van der Waals surface area (Å²) in [6.07, 6.45) is 1.00. The SMILES string of the molecule is CCN(CC(=O)NC)CC1CCC(C(=O)NN)O1. The minimum atomic E-state index is -0.460. The van der Waals surface area contributed by atoms with Crippen LogP contribution in [0.5, 0.6) is 0 Å². The van der Waals surface area contributed by atoms with E-state index in [0.717, 1.165) is 13.0 Å². The van der Waals surface area contributed by atoms with Gasteiger partial charge in [0.15, 0.2) is 0 Å². The molecular weight excluding hydrogens is 236 g/mol. The average Bonchev–Trinajstić information content (AvgIpc) is 2.85. The topological polar surface area (TPSA) is 96.7 Å². The summed E-state index contributed by atoms with van der Waals surface area (Å²) >= 11 is 0. The number of nitrogens with one attached hydrogen (secondary N) is 2. The molecule has 0 saturated carbocycles. The van der Waals surface area contributed by atoms with E-state index in [0.29, 0.717) is 19.5 Å². The van der Waals surface area contributed by atoms with Crippen molar-refractivity contribution in [2.45, 2.75) is 32.0 Å². The first-order valence-corrected chi connectivity index (χ1v) is 6.19. The molecule has 1 aliphatic heterocycles. The highest BCUT2D eigenvalue weighted by atomic mass is 16.5. The van der Waals surface area contributed by atoms with Gasteiger partial charge in [0, 0.05) is 13.6 Å². The molecule has 1 fully saturated rings. The van der Waals surface area contributed by atoms with Gasteiger partial charge >= 0.3 is 0 Å². The molecular formula is C11H22N4O3. The summed E-state index contributed by atoms with van der Waals surface area (Å²) in [6.45, 7) is 3.75. The van der Waals surface area contributed by atoms with Crippen LogP contribution in [-0.2, 0) is 14.3 Å². The fraction of sp³-hybridized carbons (Fsp3) is 0.818. The molecule has 0 spiro atoms. The van der Waals surface area contributed by atoms with Crippen LogP contribution in [0.2, 0.25) is 0 Å². The lowest BCUT2D eigenvalue weighted by molar-refractivity contribution is -0.133. The molecule has 0 aromatic carbocycles. The zero-order valence-corrected chi connectivity index (χ0v) is 10.9. The number of rotatable bonds is 6. The van der Waals surface area contributed by atoms with Gasteiger partial charge in [0.05, 0.1) is 12.6 Å². The first-order chi connectivity index (χ1) is 8.60. The minimum absolute atomic E-state index is 0.0168. The van der Waals surface area contributed by atoms with Crippen molar-refractivity contribution in [1.82, 2.24) is 15.6 Å². The van der Waals surface area contributed by atoms with Crippen molar-refractivity contribution in [2.24, 2.45) is 5.84 Å². The van der Waals surface area contributed by atoms with Gasteiger partial charge in [-0.15, -0.1) is 0 Å². The maximum absolute atomic E-state index is 11.3. The smallest absolute Gasteiger partial charge is 0.263 e. The Kier molecular flexibility index (Phi) is 6.03. The lowest BCUT2D eigenvalue weighted by Crippen LogP contribution is -2.42. The van der Waals surface area contributed by atoms with Crippen LogP contribution in [-0.4, -0.2) is 55.6 Å². The fourth-order valence-corrected chi connectivity index (χ4v) is 2.00. The highest BCUT2D eigenvalue weighted by Crippen LogP contribution is 2.20. The Bertz CT molecular complexity index is 298. The third-order valence-electron chi connectivity index (χ3n) is 3.10. The predicted octanol–water partition coefficient (Wildman–Crippen LogP) is -1.41. The van der Waals surface area contributed by atoms with E-state index in [4.69, 9.17) is 10.6 Å². The molecule has 1 rings (SSSR count). The van der Waals surface area contributed by atoms with Gasteiger partial charge in [-0.2, -0.15) is 0 Å². The van der Waals surface area contributed by atoms with E-state index in [9.17, 15) is 9.59 Å². The van der Waals surface area contributed by atoms with Crippen LogP contribution in [0, 0.1) is 0 Å². The normalized spacial score (nSPS) is 23.1. The van der Waals surface area contributed by atoms with Crippen molar-refractivity contribution >= 4 is 11.8 Å². The Morgan fingerprint density at radius 2 is 2.17 bits per heavy atom. The van der Waals surface area contributed by atoms with Crippen LogP contribution in [0.4, 0.5) is 0 Å². The van der Waals surface area contributed by atoms with E-state index >= 15 is 0 Å². The molecule has 1 saturated heterocycles. The standard InChI is InChI=1S/C11H22N4O3/c1-3-15(7-10(16)13-2)6-8-4-5-9(18-8)11(17)14-12/h8-9H,3-7,12H2,1-2H3,(H,13,16)(H,14,17). The van der Waals surface area contributed by atoms with Crippen LogP contribution in [0.3, 0.4) is 0 Å². The monoisotopic (exact) mass is 258 g/mol. The van der Waals surface area contributed by atoms with Crippen molar-refractivity contribution in [2.75, 3.05) is 26.7 Å². The molecule has 7 heteroatoms. The number of carbonyl (C=O) groups is 2. The minimum Gasteiger partial charge on any atom is -0.364 e. The van der Waals surface area contributed by atoms with E-state index in [2.05, 4.69) is 10.7 Å². The number of nitrogens with zero attached hydrogens (tertiary/aromatic N) is 1. The van der Waals surface area contributed by atoms with Crippen LogP contribution < -0.4 is 16.6 Å². The molecule has 2 atom stereocenters. The van der Waals surface area contributed by atoms with Gasteiger partial charge in [-0.3, -0.25) is 19.9 Å². The molecule has 2 unspecified atom stereocenters. The van der Waals surface area contributed by atoms with Crippen molar-refractivity contribution in [3.8, 4) is 0 Å². The van der Waals surface area contributed by atoms with Crippen molar-refractivity contribution in [1.29, 1.82) is 0 Å². The number of likely N-dealkylation sites (N-methyl/N-ethyl adjacent to an activating group) is 2. The summed E-state index contributed by atoms with van der Waals surface area (Å²) in [5, 5.41) is 2.59. The van der Waals surface area contributed by atoms with Gasteiger partial charge < -0.3 is 10.1 Å². The Hall–Kier alpha value is -1.18. The zero-order chi connectivity index (χ0) is 13.5. The molecule has 1 heterocycles. The Balaban J connectivity index is 2.38. The molecule has 104 valence electrons. The Morgan fingerprint density at radius 3 is 2.72 bits per heavy atom. The van der Waals surface area contributed by atoms with Gasteiger partial charge in [0.1, 0.15) is 6.10 Å². The van der Waals surface area contributed by atoms with Crippen molar-refractivity contribution in [3.63, 3.8) is 0 Å². The van der Waals surface area contributed by atoms with Crippen LogP contribution in [0.1, 0.15) is 19.8 Å². The second-order valence-corrected chi connectivity index (χ2v) is 4.33. The van der Waals surface area contributed by atoms with E-state index in [1.807, 2.05) is 11.8 Å². The molecule has 0 aromatic rings. The molecule has 0 bridgehead atoms.